The summed E-state index contributed by atoms with van der Waals surface area (Å²) >= 11 is 18.6. The van der Waals surface area contributed by atoms with Gasteiger partial charge >= 0.3 is 11.4 Å². The Bertz CT molecular complexity index is 1630. The van der Waals surface area contributed by atoms with E-state index in [9.17, 15) is 28.3 Å². The summed E-state index contributed by atoms with van der Waals surface area (Å²) in [5.74, 6) is -0.875. The van der Waals surface area contributed by atoms with Crippen molar-refractivity contribution in [1.29, 1.82) is 0 Å². The molecule has 1 aromatic heterocycles. The van der Waals surface area contributed by atoms with E-state index in [0.29, 0.717) is 49.5 Å². The van der Waals surface area contributed by atoms with Crippen molar-refractivity contribution < 1.29 is 28.2 Å². The van der Waals surface area contributed by atoms with Crippen LogP contribution in [0.2, 0.25) is 10.0 Å². The molecule has 1 saturated heterocycles. The first-order chi connectivity index (χ1) is 20.4. The predicted molar refractivity (Wildman–Crippen MR) is 160 cm³/mol. The van der Waals surface area contributed by atoms with Crippen molar-refractivity contribution in [3.8, 4) is 5.75 Å². The van der Waals surface area contributed by atoms with Gasteiger partial charge in [-0.2, -0.15) is 8.78 Å². The number of aromatic amines is 1. The van der Waals surface area contributed by atoms with Gasteiger partial charge in [-0.1, -0.05) is 41.0 Å². The third-order valence-corrected chi connectivity index (χ3v) is 9.36. The summed E-state index contributed by atoms with van der Waals surface area (Å²) in [7, 11) is 1.55. The molecule has 2 aromatic carbocycles. The number of nitrogens with zero attached hydrogens (tertiary/aromatic N) is 3. The van der Waals surface area contributed by atoms with Gasteiger partial charge in [-0.15, -0.1) is 0 Å². The molecule has 228 valence electrons. The number of hydrogen-bond acceptors (Lipinski definition) is 6. The number of aromatic hydroxyl groups is 1. The van der Waals surface area contributed by atoms with Crippen molar-refractivity contribution in [2.24, 2.45) is 0 Å². The average molecular weight is 674 g/mol. The Morgan fingerprint density at radius 3 is 2.44 bits per heavy atom. The van der Waals surface area contributed by atoms with Crippen molar-refractivity contribution in [3.05, 3.63) is 79.2 Å². The SMILES string of the molecule is COCCN1CCCN(c2cc3c(cc2O)CN(C(=O)c2c(Sc4c(Cl)cccc4Cl)cc(C(F)(F)Cl)[nH]c2=O)C3)C1=O. The molecule has 2 aliphatic heterocycles. The summed E-state index contributed by atoms with van der Waals surface area (Å²) in [5.41, 5.74) is -0.792. The van der Waals surface area contributed by atoms with Crippen LogP contribution in [-0.4, -0.2) is 65.2 Å². The lowest BCUT2D eigenvalue weighted by Crippen LogP contribution is -2.50. The first-order valence-electron chi connectivity index (χ1n) is 13.0. The number of rotatable bonds is 8. The van der Waals surface area contributed by atoms with Gasteiger partial charge in [0.15, 0.2) is 0 Å². The molecular formula is C28H25Cl3F2N4O5S. The Morgan fingerprint density at radius 2 is 1.79 bits per heavy atom. The molecule has 43 heavy (non-hydrogen) atoms. The van der Waals surface area contributed by atoms with Gasteiger partial charge in [-0.05, 0) is 59.5 Å². The van der Waals surface area contributed by atoms with E-state index in [1.54, 1.807) is 24.1 Å². The van der Waals surface area contributed by atoms with Crippen molar-refractivity contribution in [2.75, 3.05) is 38.3 Å². The van der Waals surface area contributed by atoms with E-state index < -0.39 is 28.1 Å². The lowest BCUT2D eigenvalue weighted by Gasteiger charge is -2.35. The molecule has 5 rings (SSSR count). The Morgan fingerprint density at radius 1 is 1.12 bits per heavy atom. The lowest BCUT2D eigenvalue weighted by molar-refractivity contribution is 0.0740. The van der Waals surface area contributed by atoms with E-state index in [1.165, 1.54) is 28.0 Å². The number of carbonyl (C=O) groups is 2. The highest BCUT2D eigenvalue weighted by atomic mass is 35.5. The van der Waals surface area contributed by atoms with Gasteiger partial charge in [0.1, 0.15) is 17.0 Å². The second kappa shape index (κ2) is 12.5. The predicted octanol–water partition coefficient (Wildman–Crippen LogP) is 6.26. The number of halogens is 5. The van der Waals surface area contributed by atoms with Gasteiger partial charge < -0.3 is 24.6 Å². The third kappa shape index (κ3) is 6.44. The number of nitrogens with one attached hydrogen (secondary N) is 1. The van der Waals surface area contributed by atoms with E-state index in [2.05, 4.69) is 0 Å². The van der Waals surface area contributed by atoms with E-state index >= 15 is 0 Å². The topological polar surface area (TPSA) is 106 Å². The molecule has 2 aliphatic rings. The minimum Gasteiger partial charge on any atom is -0.506 e. The summed E-state index contributed by atoms with van der Waals surface area (Å²) in [5, 5.41) is 7.33. The van der Waals surface area contributed by atoms with Crippen molar-refractivity contribution in [2.45, 2.75) is 34.7 Å². The van der Waals surface area contributed by atoms with Crippen molar-refractivity contribution in [1.82, 2.24) is 14.8 Å². The molecule has 0 atom stereocenters. The Labute approximate surface area is 264 Å². The molecule has 0 spiro atoms. The van der Waals surface area contributed by atoms with Crippen LogP contribution < -0.4 is 10.5 Å². The van der Waals surface area contributed by atoms with Crippen LogP contribution in [-0.2, 0) is 23.2 Å². The molecule has 3 aromatic rings. The number of fused-ring (bicyclic) bond motifs is 1. The number of benzene rings is 2. The number of phenolic OH excluding ortho intramolecular Hbond substituents is 1. The number of pyridine rings is 1. The standard InChI is InChI=1S/C28H25Cl3F2N4O5S/c1-42-9-8-35-6-3-7-37(27(35)41)19-10-15-13-36(14-16(15)11-20(19)38)26(40)23-21(12-22(28(31,32)33)34-25(23)39)43-24-17(29)4-2-5-18(24)30/h2,4-5,10-12,38H,3,6-9,13-14H2,1H3,(H,34,39). The second-order valence-corrected chi connectivity index (χ2v) is 12.3. The summed E-state index contributed by atoms with van der Waals surface area (Å²) in [6, 6.07) is 8.45. The van der Waals surface area contributed by atoms with Crippen LogP contribution in [0.5, 0.6) is 5.75 Å². The highest BCUT2D eigenvalue weighted by molar-refractivity contribution is 7.99. The molecular weight excluding hydrogens is 649 g/mol. The largest absolute Gasteiger partial charge is 0.506 e. The first-order valence-corrected chi connectivity index (χ1v) is 15.0. The van der Waals surface area contributed by atoms with Crippen LogP contribution in [0.4, 0.5) is 19.3 Å². The zero-order valence-electron chi connectivity index (χ0n) is 22.6. The minimum atomic E-state index is -3.91. The number of phenols is 1. The van der Waals surface area contributed by atoms with Crippen molar-refractivity contribution in [3.63, 3.8) is 0 Å². The number of aromatic nitrogens is 1. The van der Waals surface area contributed by atoms with Crippen LogP contribution in [0.25, 0.3) is 0 Å². The number of urea groups is 1. The summed E-state index contributed by atoms with van der Waals surface area (Å²) < 4.78 is 33.2. The summed E-state index contributed by atoms with van der Waals surface area (Å²) in [6.07, 6.45) is 0.687. The van der Waals surface area contributed by atoms with Gasteiger partial charge in [0.2, 0.25) is 0 Å². The van der Waals surface area contributed by atoms with Gasteiger partial charge in [0.05, 0.1) is 22.3 Å². The van der Waals surface area contributed by atoms with Gasteiger partial charge in [-0.3, -0.25) is 14.5 Å². The molecule has 3 heterocycles. The normalized spacial score (nSPS) is 15.3. The van der Waals surface area contributed by atoms with Crippen LogP contribution in [0, 0.1) is 0 Å². The van der Waals surface area contributed by atoms with Gasteiger partial charge in [-0.25, -0.2) is 4.79 Å². The van der Waals surface area contributed by atoms with E-state index in [0.717, 1.165) is 17.8 Å². The smallest absolute Gasteiger partial charge is 0.362 e. The maximum Gasteiger partial charge on any atom is 0.362 e. The number of hydrogen-bond donors (Lipinski definition) is 2. The molecule has 0 bridgehead atoms. The number of anilines is 1. The zero-order valence-corrected chi connectivity index (χ0v) is 25.7. The molecule has 0 saturated carbocycles. The third-order valence-electron chi connectivity index (χ3n) is 7.12. The monoisotopic (exact) mass is 672 g/mol. The molecule has 9 nitrogen and oxygen atoms in total. The van der Waals surface area contributed by atoms with Crippen LogP contribution in [0.3, 0.4) is 0 Å². The van der Waals surface area contributed by atoms with Gasteiger partial charge in [0, 0.05) is 49.6 Å². The second-order valence-electron chi connectivity index (χ2n) is 9.94. The molecule has 0 aliphatic carbocycles. The molecule has 0 unspecified atom stereocenters. The number of amides is 3. The Hall–Kier alpha value is -3.03. The fourth-order valence-corrected chi connectivity index (χ4v) is 6.76. The quantitative estimate of drug-likeness (QED) is 0.274. The number of carbonyl (C=O) groups excluding carboxylic acids is 2. The highest BCUT2D eigenvalue weighted by Crippen LogP contribution is 2.42. The van der Waals surface area contributed by atoms with Crippen LogP contribution >= 0.6 is 46.6 Å². The highest BCUT2D eigenvalue weighted by Gasteiger charge is 2.35. The van der Waals surface area contributed by atoms with E-state index in [4.69, 9.17) is 39.5 Å². The fourth-order valence-electron chi connectivity index (χ4n) is 5.02. The lowest BCUT2D eigenvalue weighted by atomic mass is 10.1. The van der Waals surface area contributed by atoms with E-state index in [-0.39, 0.29) is 44.7 Å². The van der Waals surface area contributed by atoms with Crippen molar-refractivity contribution >= 4 is 64.2 Å². The zero-order chi connectivity index (χ0) is 31.1. The molecule has 2 N–H and O–H groups in total. The average Bonchev–Trinajstić information content (AvgIpc) is 3.36. The fraction of sp³-hybridized carbons (Fsp3) is 0.321. The molecule has 1 fully saturated rings. The number of H-pyrrole nitrogens is 1. The number of ether oxygens (including phenoxy) is 1. The number of methoxy groups -OCH3 is 1. The molecule has 15 heteroatoms. The Kier molecular flexibility index (Phi) is 9.15. The first kappa shape index (κ1) is 31.4. The van der Waals surface area contributed by atoms with Crippen LogP contribution in [0.1, 0.15) is 33.6 Å². The number of alkyl halides is 3. The minimum absolute atomic E-state index is 0.0275. The Balaban J connectivity index is 1.46. The van der Waals surface area contributed by atoms with Gasteiger partial charge in [0.25, 0.3) is 11.5 Å². The van der Waals surface area contributed by atoms with E-state index in [1.807, 2.05) is 4.98 Å². The molecule has 0 radical (unpaired) electrons. The maximum absolute atomic E-state index is 14.0. The maximum atomic E-state index is 14.0. The van der Waals surface area contributed by atoms with Crippen LogP contribution in [0.15, 0.2) is 51.0 Å². The summed E-state index contributed by atoms with van der Waals surface area (Å²) in [4.78, 5) is 46.7. The molecule has 3 amide bonds. The summed E-state index contributed by atoms with van der Waals surface area (Å²) in [6.45, 7) is 1.81.